The van der Waals surface area contributed by atoms with Crippen LogP contribution in [0.15, 0.2) is 35.3 Å². The van der Waals surface area contributed by atoms with Crippen LogP contribution in [0.2, 0.25) is 0 Å². The Morgan fingerprint density at radius 2 is 2.21 bits per heavy atom. The maximum absolute atomic E-state index is 5.19. The van der Waals surface area contributed by atoms with Gasteiger partial charge in [-0.3, -0.25) is 0 Å². The first-order chi connectivity index (χ1) is 6.93. The van der Waals surface area contributed by atoms with Crippen LogP contribution in [-0.4, -0.2) is 19.9 Å². The summed E-state index contributed by atoms with van der Waals surface area (Å²) >= 11 is 0. The zero-order valence-electron chi connectivity index (χ0n) is 7.14. The Bertz CT molecular complexity index is 484. The molecule has 3 heterocycles. The Labute approximate surface area is 79.2 Å². The molecule has 0 fully saturated rings. The van der Waals surface area contributed by atoms with Crippen molar-refractivity contribution in [1.29, 1.82) is 0 Å². The minimum absolute atomic E-state index is 0.567. The van der Waals surface area contributed by atoms with E-state index in [0.29, 0.717) is 17.4 Å². The van der Waals surface area contributed by atoms with Crippen molar-refractivity contribution < 1.29 is 4.42 Å². The van der Waals surface area contributed by atoms with E-state index < -0.39 is 0 Å². The van der Waals surface area contributed by atoms with Crippen molar-refractivity contribution in [2.45, 2.75) is 0 Å². The quantitative estimate of drug-likeness (QED) is 0.626. The summed E-state index contributed by atoms with van der Waals surface area (Å²) in [5.74, 6) is 1.84. The normalized spacial score (nSPS) is 10.9. The third-order valence-corrected chi connectivity index (χ3v) is 1.89. The molecule has 2 aliphatic rings. The molecule has 0 aromatic carbocycles. The van der Waals surface area contributed by atoms with Crippen molar-refractivity contribution in [2.24, 2.45) is 0 Å². The predicted molar refractivity (Wildman–Crippen MR) is 48.5 cm³/mol. The molecule has 14 heavy (non-hydrogen) atoms. The highest BCUT2D eigenvalue weighted by molar-refractivity contribution is 5.59. The summed E-state index contributed by atoms with van der Waals surface area (Å²) in [4.78, 5) is 15.4. The summed E-state index contributed by atoms with van der Waals surface area (Å²) in [6, 6.07) is 3.62. The summed E-state index contributed by atoms with van der Waals surface area (Å²) in [6.07, 6.45) is 4.92. The lowest BCUT2D eigenvalue weighted by molar-refractivity contribution is 0.578. The molecule has 0 atom stereocenters. The molecule has 5 heteroatoms. The highest BCUT2D eigenvalue weighted by Gasteiger charge is 2.13. The summed E-state index contributed by atoms with van der Waals surface area (Å²) in [6.45, 7) is 0. The number of hydrogen-bond donors (Lipinski definition) is 1. The molecule has 0 aliphatic carbocycles. The van der Waals surface area contributed by atoms with Gasteiger partial charge in [-0.2, -0.15) is 0 Å². The number of furan rings is 1. The van der Waals surface area contributed by atoms with Gasteiger partial charge in [-0.15, -0.1) is 0 Å². The zero-order valence-corrected chi connectivity index (χ0v) is 7.14. The second-order valence-corrected chi connectivity index (χ2v) is 2.80. The van der Waals surface area contributed by atoms with E-state index in [9.17, 15) is 0 Å². The minimum Gasteiger partial charge on any atom is -0.461 e. The highest BCUT2D eigenvalue weighted by Crippen LogP contribution is 2.21. The number of rotatable bonds is 1. The van der Waals surface area contributed by atoms with Crippen molar-refractivity contribution in [3.05, 3.63) is 30.9 Å². The van der Waals surface area contributed by atoms with Crippen molar-refractivity contribution in [3.8, 4) is 23.1 Å². The molecular formula is C9H6N4O. The largest absolute Gasteiger partial charge is 0.461 e. The summed E-state index contributed by atoms with van der Waals surface area (Å²) in [7, 11) is 0. The van der Waals surface area contributed by atoms with E-state index in [1.54, 1.807) is 24.9 Å². The SMILES string of the molecule is c1coc(-c2nc3c[nH]cnc-3n2)c1. The van der Waals surface area contributed by atoms with Crippen molar-refractivity contribution in [2.75, 3.05) is 0 Å². The number of hydrogen-bond acceptors (Lipinski definition) is 4. The first-order valence-electron chi connectivity index (χ1n) is 4.14. The van der Waals surface area contributed by atoms with Gasteiger partial charge in [-0.25, -0.2) is 15.0 Å². The van der Waals surface area contributed by atoms with E-state index in [-0.39, 0.29) is 0 Å². The number of aromatic nitrogens is 4. The molecule has 0 bridgehead atoms. The van der Waals surface area contributed by atoms with Crippen LogP contribution in [-0.2, 0) is 0 Å². The van der Waals surface area contributed by atoms with E-state index in [1.807, 2.05) is 6.07 Å². The third kappa shape index (κ3) is 0.990. The fourth-order valence-corrected chi connectivity index (χ4v) is 1.27. The molecule has 0 saturated carbocycles. The van der Waals surface area contributed by atoms with E-state index in [4.69, 9.17) is 4.42 Å². The number of imidazole rings is 1. The van der Waals surface area contributed by atoms with Crippen molar-refractivity contribution >= 4 is 0 Å². The van der Waals surface area contributed by atoms with Gasteiger partial charge >= 0.3 is 0 Å². The second-order valence-electron chi connectivity index (χ2n) is 2.80. The van der Waals surface area contributed by atoms with Gasteiger partial charge in [0.25, 0.3) is 0 Å². The molecule has 1 aromatic heterocycles. The molecule has 0 radical (unpaired) electrons. The predicted octanol–water partition coefficient (Wildman–Crippen LogP) is 1.56. The smallest absolute Gasteiger partial charge is 0.198 e. The van der Waals surface area contributed by atoms with Gasteiger partial charge in [0, 0.05) is 6.20 Å². The standard InChI is InChI=1S/C9H6N4O/c1-2-7(14-3-1)9-12-6-4-10-5-11-8(6)13-9/h1-5H,(H,10,11,12,13). The van der Waals surface area contributed by atoms with Crippen LogP contribution in [0.25, 0.3) is 23.1 Å². The Morgan fingerprint density at radius 3 is 3.00 bits per heavy atom. The van der Waals surface area contributed by atoms with Crippen LogP contribution < -0.4 is 0 Å². The number of nitrogens with zero attached hydrogens (tertiary/aromatic N) is 3. The number of aromatic amines is 1. The van der Waals surface area contributed by atoms with E-state index in [2.05, 4.69) is 19.9 Å². The molecule has 3 rings (SSSR count). The zero-order chi connectivity index (χ0) is 9.38. The maximum Gasteiger partial charge on any atom is 0.198 e. The van der Waals surface area contributed by atoms with Crippen LogP contribution in [0.1, 0.15) is 0 Å². The fourth-order valence-electron chi connectivity index (χ4n) is 1.27. The molecular weight excluding hydrogens is 180 g/mol. The average Bonchev–Trinajstić information content (AvgIpc) is 2.86. The van der Waals surface area contributed by atoms with Crippen LogP contribution in [0.3, 0.4) is 0 Å². The van der Waals surface area contributed by atoms with Gasteiger partial charge in [0.05, 0.1) is 12.6 Å². The molecule has 0 saturated heterocycles. The van der Waals surface area contributed by atoms with Gasteiger partial charge in [-0.05, 0) is 12.1 Å². The summed E-state index contributed by atoms with van der Waals surface area (Å²) in [5.41, 5.74) is 0.735. The maximum atomic E-state index is 5.19. The molecule has 1 N–H and O–H groups in total. The molecule has 68 valence electrons. The highest BCUT2D eigenvalue weighted by atomic mass is 16.3. The van der Waals surface area contributed by atoms with Gasteiger partial charge in [0.1, 0.15) is 5.69 Å². The van der Waals surface area contributed by atoms with Gasteiger partial charge in [0.15, 0.2) is 17.4 Å². The third-order valence-electron chi connectivity index (χ3n) is 1.89. The molecule has 0 spiro atoms. The molecule has 5 nitrogen and oxygen atoms in total. The lowest BCUT2D eigenvalue weighted by atomic mass is 10.4. The van der Waals surface area contributed by atoms with Crippen molar-refractivity contribution in [3.63, 3.8) is 0 Å². The lowest BCUT2D eigenvalue weighted by Crippen LogP contribution is -1.84. The van der Waals surface area contributed by atoms with E-state index in [1.165, 1.54) is 0 Å². The average molecular weight is 186 g/mol. The minimum atomic E-state index is 0.567. The molecule has 0 unspecified atom stereocenters. The Balaban J connectivity index is 2.21. The van der Waals surface area contributed by atoms with Crippen LogP contribution >= 0.6 is 0 Å². The van der Waals surface area contributed by atoms with E-state index >= 15 is 0 Å². The van der Waals surface area contributed by atoms with E-state index in [0.717, 1.165) is 5.69 Å². The second kappa shape index (κ2) is 2.66. The molecule has 0 amide bonds. The van der Waals surface area contributed by atoms with Crippen LogP contribution in [0.5, 0.6) is 0 Å². The number of H-pyrrole nitrogens is 1. The van der Waals surface area contributed by atoms with Crippen molar-refractivity contribution in [1.82, 2.24) is 19.9 Å². The first-order valence-corrected chi connectivity index (χ1v) is 4.14. The van der Waals surface area contributed by atoms with Gasteiger partial charge < -0.3 is 9.40 Å². The monoisotopic (exact) mass is 186 g/mol. The van der Waals surface area contributed by atoms with Gasteiger partial charge in [-0.1, -0.05) is 0 Å². The molecule has 2 aliphatic heterocycles. The molecule has 1 aromatic rings. The number of fused-ring (bicyclic) bond motifs is 1. The van der Waals surface area contributed by atoms with Crippen LogP contribution in [0.4, 0.5) is 0 Å². The fraction of sp³-hybridized carbons (Fsp3) is 0. The Hall–Kier alpha value is -2.17. The topological polar surface area (TPSA) is 67.6 Å². The van der Waals surface area contributed by atoms with Gasteiger partial charge in [0.2, 0.25) is 0 Å². The summed E-state index contributed by atoms with van der Waals surface area (Å²) < 4.78 is 5.19. The lowest BCUT2D eigenvalue weighted by Gasteiger charge is -1.88. The first kappa shape index (κ1) is 7.25. The Kier molecular flexibility index (Phi) is 1.38. The Morgan fingerprint density at radius 1 is 1.21 bits per heavy atom. The summed E-state index contributed by atoms with van der Waals surface area (Å²) in [5, 5.41) is 0. The van der Waals surface area contributed by atoms with Crippen LogP contribution in [0, 0.1) is 0 Å². The number of nitrogens with one attached hydrogen (secondary N) is 1.